The fourth-order valence-corrected chi connectivity index (χ4v) is 1.80. The first-order chi connectivity index (χ1) is 9.08. The number of aliphatic hydroxyl groups is 1. The summed E-state index contributed by atoms with van der Waals surface area (Å²) >= 11 is 0. The first-order valence-corrected chi connectivity index (χ1v) is 7.30. The molecule has 1 unspecified atom stereocenters. The highest BCUT2D eigenvalue weighted by atomic mass is 16.5. The summed E-state index contributed by atoms with van der Waals surface area (Å²) in [6, 6.07) is 0. The third-order valence-corrected chi connectivity index (χ3v) is 3.85. The zero-order valence-corrected chi connectivity index (χ0v) is 13.8. The van der Waals surface area contributed by atoms with Gasteiger partial charge in [-0.25, -0.2) is 4.79 Å². The molecule has 1 N–H and O–H groups in total. The van der Waals surface area contributed by atoms with Gasteiger partial charge in [-0.3, -0.25) is 0 Å². The fraction of sp³-hybridized carbons (Fsp3) is 0.812. The van der Waals surface area contributed by atoms with Gasteiger partial charge in [0.25, 0.3) is 0 Å². The smallest absolute Gasteiger partial charge is 0.333 e. The molecule has 1 atom stereocenters. The highest BCUT2D eigenvalue weighted by Crippen LogP contribution is 2.29. The average molecular weight is 286 g/mol. The zero-order valence-electron chi connectivity index (χ0n) is 13.8. The van der Waals surface area contributed by atoms with Gasteiger partial charge in [0.05, 0.1) is 23.9 Å². The standard InChI is InChI=1S/C16H30O4/c1-8-16(9-2,20-13(5)15(6,7)18)10-11-19-14(17)12(3)4/h13,18H,3,8-11H2,1-2,4-7H3. The van der Waals surface area contributed by atoms with Crippen LogP contribution in [0, 0.1) is 0 Å². The van der Waals surface area contributed by atoms with Gasteiger partial charge in [-0.15, -0.1) is 0 Å². The van der Waals surface area contributed by atoms with Gasteiger partial charge in [-0.05, 0) is 40.5 Å². The molecule has 0 amide bonds. The van der Waals surface area contributed by atoms with Crippen LogP contribution < -0.4 is 0 Å². The minimum atomic E-state index is -0.899. The topological polar surface area (TPSA) is 55.8 Å². The SMILES string of the molecule is C=C(C)C(=O)OCCC(CC)(CC)OC(C)C(C)(C)O. The Bertz CT molecular complexity index is 324. The van der Waals surface area contributed by atoms with Crippen LogP contribution in [0.2, 0.25) is 0 Å². The number of hydrogen-bond donors (Lipinski definition) is 1. The maximum Gasteiger partial charge on any atom is 0.333 e. The Hall–Kier alpha value is -0.870. The molecule has 0 fully saturated rings. The van der Waals surface area contributed by atoms with Gasteiger partial charge in [0, 0.05) is 12.0 Å². The van der Waals surface area contributed by atoms with Gasteiger partial charge in [-0.1, -0.05) is 20.4 Å². The summed E-state index contributed by atoms with van der Waals surface area (Å²) in [7, 11) is 0. The molecule has 0 aliphatic rings. The van der Waals surface area contributed by atoms with Crippen LogP contribution in [0.1, 0.15) is 60.8 Å². The molecule has 0 aliphatic carbocycles. The summed E-state index contributed by atoms with van der Waals surface area (Å²) in [5.74, 6) is -0.373. The van der Waals surface area contributed by atoms with Gasteiger partial charge < -0.3 is 14.6 Å². The summed E-state index contributed by atoms with van der Waals surface area (Å²) < 4.78 is 11.2. The lowest BCUT2D eigenvalue weighted by atomic mass is 9.92. The number of carbonyl (C=O) groups is 1. The largest absolute Gasteiger partial charge is 0.462 e. The van der Waals surface area contributed by atoms with Gasteiger partial charge in [0.15, 0.2) is 0 Å². The van der Waals surface area contributed by atoms with E-state index in [1.807, 2.05) is 20.8 Å². The lowest BCUT2D eigenvalue weighted by Gasteiger charge is -2.38. The number of rotatable bonds is 9. The predicted molar refractivity (Wildman–Crippen MR) is 80.5 cm³/mol. The van der Waals surface area contributed by atoms with E-state index in [0.717, 1.165) is 12.8 Å². The first kappa shape index (κ1) is 19.1. The molecule has 0 spiro atoms. The molecule has 118 valence electrons. The van der Waals surface area contributed by atoms with Crippen LogP contribution in [-0.4, -0.2) is 35.0 Å². The molecule has 4 heteroatoms. The Morgan fingerprint density at radius 1 is 1.30 bits per heavy atom. The van der Waals surface area contributed by atoms with E-state index in [1.54, 1.807) is 20.8 Å². The summed E-state index contributed by atoms with van der Waals surface area (Å²) in [5.41, 5.74) is -0.881. The molecule has 0 saturated heterocycles. The Morgan fingerprint density at radius 3 is 2.15 bits per heavy atom. The van der Waals surface area contributed by atoms with Crippen LogP contribution >= 0.6 is 0 Å². The van der Waals surface area contributed by atoms with Crippen molar-refractivity contribution < 1.29 is 19.4 Å². The summed E-state index contributed by atoms with van der Waals surface area (Å²) in [5, 5.41) is 10.0. The van der Waals surface area contributed by atoms with Crippen molar-refractivity contribution in [2.75, 3.05) is 6.61 Å². The minimum Gasteiger partial charge on any atom is -0.462 e. The molecule has 0 bridgehead atoms. The van der Waals surface area contributed by atoms with Gasteiger partial charge in [0.2, 0.25) is 0 Å². The van der Waals surface area contributed by atoms with Crippen molar-refractivity contribution in [2.45, 2.75) is 78.1 Å². The number of esters is 1. The van der Waals surface area contributed by atoms with E-state index in [0.29, 0.717) is 18.6 Å². The van der Waals surface area contributed by atoms with E-state index >= 15 is 0 Å². The first-order valence-electron chi connectivity index (χ1n) is 7.30. The van der Waals surface area contributed by atoms with E-state index in [2.05, 4.69) is 6.58 Å². The van der Waals surface area contributed by atoms with Crippen molar-refractivity contribution in [1.82, 2.24) is 0 Å². The van der Waals surface area contributed by atoms with Crippen LogP contribution in [0.5, 0.6) is 0 Å². The summed E-state index contributed by atoms with van der Waals surface area (Å²) in [6.07, 6.45) is 1.92. The lowest BCUT2D eigenvalue weighted by molar-refractivity contribution is -0.169. The molecular weight excluding hydrogens is 256 g/mol. The van der Waals surface area contributed by atoms with Crippen LogP contribution in [-0.2, 0) is 14.3 Å². The average Bonchev–Trinajstić information content (AvgIpc) is 2.35. The van der Waals surface area contributed by atoms with E-state index in [1.165, 1.54) is 0 Å². The maximum absolute atomic E-state index is 11.4. The second-order valence-corrected chi connectivity index (χ2v) is 5.97. The van der Waals surface area contributed by atoms with Gasteiger partial charge in [0.1, 0.15) is 0 Å². The molecule has 0 heterocycles. The third kappa shape index (κ3) is 6.06. The van der Waals surface area contributed by atoms with Crippen molar-refractivity contribution in [1.29, 1.82) is 0 Å². The minimum absolute atomic E-state index is 0.292. The van der Waals surface area contributed by atoms with Crippen molar-refractivity contribution in [3.05, 3.63) is 12.2 Å². The summed E-state index contributed by atoms with van der Waals surface area (Å²) in [6.45, 7) is 14.9. The quantitative estimate of drug-likeness (QED) is 0.522. The molecule has 0 aromatic heterocycles. The van der Waals surface area contributed by atoms with Crippen LogP contribution in [0.3, 0.4) is 0 Å². The second kappa shape index (κ2) is 7.79. The Labute approximate surface area is 123 Å². The number of hydrogen-bond acceptors (Lipinski definition) is 4. The molecular formula is C16H30O4. The van der Waals surface area contributed by atoms with Crippen molar-refractivity contribution >= 4 is 5.97 Å². The Morgan fingerprint density at radius 2 is 1.80 bits per heavy atom. The number of carbonyl (C=O) groups excluding carboxylic acids is 1. The molecule has 0 aromatic carbocycles. The molecule has 20 heavy (non-hydrogen) atoms. The van der Waals surface area contributed by atoms with Crippen molar-refractivity contribution in [3.63, 3.8) is 0 Å². The van der Waals surface area contributed by atoms with Crippen LogP contribution in [0.15, 0.2) is 12.2 Å². The second-order valence-electron chi connectivity index (χ2n) is 5.97. The normalized spacial score (nSPS) is 13.9. The highest BCUT2D eigenvalue weighted by molar-refractivity contribution is 5.86. The van der Waals surface area contributed by atoms with Crippen LogP contribution in [0.4, 0.5) is 0 Å². The molecule has 0 saturated carbocycles. The molecule has 0 rings (SSSR count). The molecule has 0 aliphatic heterocycles. The molecule has 4 nitrogen and oxygen atoms in total. The monoisotopic (exact) mass is 286 g/mol. The number of ether oxygens (including phenoxy) is 2. The third-order valence-electron chi connectivity index (χ3n) is 3.85. The predicted octanol–water partition coefficient (Wildman–Crippen LogP) is 3.23. The molecule has 0 radical (unpaired) electrons. The van der Waals surface area contributed by atoms with Crippen LogP contribution in [0.25, 0.3) is 0 Å². The van der Waals surface area contributed by atoms with Crippen molar-refractivity contribution in [2.24, 2.45) is 0 Å². The summed E-state index contributed by atoms with van der Waals surface area (Å²) in [4.78, 5) is 11.4. The Kier molecular flexibility index (Phi) is 7.45. The van der Waals surface area contributed by atoms with E-state index in [-0.39, 0.29) is 17.7 Å². The van der Waals surface area contributed by atoms with Gasteiger partial charge >= 0.3 is 5.97 Å². The van der Waals surface area contributed by atoms with Gasteiger partial charge in [-0.2, -0.15) is 0 Å². The molecule has 0 aromatic rings. The zero-order chi connectivity index (χ0) is 16.0. The Balaban J connectivity index is 4.61. The van der Waals surface area contributed by atoms with E-state index in [4.69, 9.17) is 9.47 Å². The fourth-order valence-electron chi connectivity index (χ4n) is 1.80. The highest BCUT2D eigenvalue weighted by Gasteiger charge is 2.34. The lowest BCUT2D eigenvalue weighted by Crippen LogP contribution is -2.44. The maximum atomic E-state index is 11.4. The van der Waals surface area contributed by atoms with E-state index in [9.17, 15) is 9.90 Å². The van der Waals surface area contributed by atoms with E-state index < -0.39 is 5.60 Å². The van der Waals surface area contributed by atoms with Crippen molar-refractivity contribution in [3.8, 4) is 0 Å².